The first-order chi connectivity index (χ1) is 12.9. The third-order valence-electron chi connectivity index (χ3n) is 3.95. The van der Waals surface area contributed by atoms with E-state index in [1.165, 1.54) is 6.07 Å². The maximum atomic E-state index is 13.8. The van der Waals surface area contributed by atoms with Crippen LogP contribution in [0.4, 0.5) is 8.78 Å². The summed E-state index contributed by atoms with van der Waals surface area (Å²) in [5.74, 6) is -1.08. The van der Waals surface area contributed by atoms with Crippen molar-refractivity contribution in [3.8, 4) is 5.75 Å². The van der Waals surface area contributed by atoms with Gasteiger partial charge in [-0.15, -0.1) is 11.3 Å². The number of rotatable bonds is 6. The molecule has 0 radical (unpaired) electrons. The van der Waals surface area contributed by atoms with Gasteiger partial charge < -0.3 is 10.1 Å². The average molecular weight is 388 g/mol. The van der Waals surface area contributed by atoms with Crippen LogP contribution in [0.1, 0.15) is 39.6 Å². The Morgan fingerprint density at radius 2 is 1.96 bits per heavy atom. The van der Waals surface area contributed by atoms with Gasteiger partial charge in [0.2, 0.25) is 0 Å². The van der Waals surface area contributed by atoms with Crippen molar-refractivity contribution in [2.45, 2.75) is 26.5 Å². The Hall–Kier alpha value is -2.80. The summed E-state index contributed by atoms with van der Waals surface area (Å²) < 4.78 is 32.5. The lowest BCUT2D eigenvalue weighted by atomic mass is 10.1. The Kier molecular flexibility index (Phi) is 5.81. The van der Waals surface area contributed by atoms with Gasteiger partial charge in [-0.3, -0.25) is 4.79 Å². The molecule has 0 aliphatic carbocycles. The van der Waals surface area contributed by atoms with Crippen LogP contribution >= 0.6 is 11.3 Å². The van der Waals surface area contributed by atoms with Crippen molar-refractivity contribution < 1.29 is 18.3 Å². The van der Waals surface area contributed by atoms with Gasteiger partial charge in [-0.1, -0.05) is 6.07 Å². The predicted octanol–water partition coefficient (Wildman–Crippen LogP) is 4.80. The molecule has 1 aromatic heterocycles. The highest BCUT2D eigenvalue weighted by atomic mass is 32.1. The number of aromatic nitrogens is 1. The summed E-state index contributed by atoms with van der Waals surface area (Å²) >= 11 is 1.56. The lowest BCUT2D eigenvalue weighted by molar-refractivity contribution is 0.0939. The van der Waals surface area contributed by atoms with Crippen molar-refractivity contribution in [2.24, 2.45) is 0 Å². The van der Waals surface area contributed by atoms with E-state index in [1.807, 2.05) is 12.3 Å². The molecular weight excluding hydrogens is 370 g/mol. The fourth-order valence-corrected chi connectivity index (χ4v) is 3.14. The molecule has 140 valence electrons. The SMILES string of the molecule is Cc1nc(COc2ccc(C(=O)N[C@@H](C)c3ccc(F)cc3F)cc2)cs1. The zero-order valence-corrected chi connectivity index (χ0v) is 15.6. The predicted molar refractivity (Wildman–Crippen MR) is 99.9 cm³/mol. The van der Waals surface area contributed by atoms with Gasteiger partial charge in [-0.25, -0.2) is 13.8 Å². The largest absolute Gasteiger partial charge is 0.487 e. The maximum absolute atomic E-state index is 13.8. The molecule has 4 nitrogen and oxygen atoms in total. The van der Waals surface area contributed by atoms with Crippen molar-refractivity contribution in [3.63, 3.8) is 0 Å². The van der Waals surface area contributed by atoms with Gasteiger partial charge in [0, 0.05) is 22.6 Å². The van der Waals surface area contributed by atoms with E-state index in [0.29, 0.717) is 17.9 Å². The number of aryl methyl sites for hydroxylation is 1. The van der Waals surface area contributed by atoms with Crippen LogP contribution in [0.3, 0.4) is 0 Å². The van der Waals surface area contributed by atoms with Crippen molar-refractivity contribution in [3.05, 3.63) is 81.3 Å². The quantitative estimate of drug-likeness (QED) is 0.660. The molecule has 0 aliphatic heterocycles. The number of hydrogen-bond acceptors (Lipinski definition) is 4. The molecule has 2 aromatic carbocycles. The second-order valence-corrected chi connectivity index (χ2v) is 7.09. The van der Waals surface area contributed by atoms with Crippen LogP contribution in [0.25, 0.3) is 0 Å². The lowest BCUT2D eigenvalue weighted by Gasteiger charge is -2.15. The van der Waals surface area contributed by atoms with Crippen LogP contribution < -0.4 is 10.1 Å². The Labute approximate surface area is 159 Å². The fourth-order valence-electron chi connectivity index (χ4n) is 2.54. The van der Waals surface area contributed by atoms with Gasteiger partial charge in [0.15, 0.2) is 0 Å². The number of hydrogen-bond donors (Lipinski definition) is 1. The number of benzene rings is 2. The summed E-state index contributed by atoms with van der Waals surface area (Å²) in [6.45, 7) is 3.93. The summed E-state index contributed by atoms with van der Waals surface area (Å²) in [5, 5.41) is 5.62. The highest BCUT2D eigenvalue weighted by Gasteiger charge is 2.15. The van der Waals surface area contributed by atoms with Crippen molar-refractivity contribution in [1.82, 2.24) is 10.3 Å². The van der Waals surface area contributed by atoms with Gasteiger partial charge in [-0.2, -0.15) is 0 Å². The molecule has 0 aliphatic rings. The van der Waals surface area contributed by atoms with Crippen LogP contribution in [0.2, 0.25) is 0 Å². The van der Waals surface area contributed by atoms with E-state index in [2.05, 4.69) is 10.3 Å². The number of ether oxygens (including phenoxy) is 1. The number of nitrogens with one attached hydrogen (secondary N) is 1. The molecule has 1 atom stereocenters. The standard InChI is InChI=1S/C20H18F2N2O2S/c1-12(18-8-5-15(21)9-19(18)22)23-20(25)14-3-6-17(7-4-14)26-10-16-11-27-13(2)24-16/h3-9,11-12H,10H2,1-2H3,(H,23,25)/t12-/m0/s1. The van der Waals surface area contributed by atoms with Gasteiger partial charge in [0.1, 0.15) is 24.0 Å². The number of nitrogens with zero attached hydrogens (tertiary/aromatic N) is 1. The minimum absolute atomic E-state index is 0.225. The smallest absolute Gasteiger partial charge is 0.251 e. The van der Waals surface area contributed by atoms with Gasteiger partial charge in [-0.05, 0) is 44.2 Å². The molecule has 7 heteroatoms. The minimum atomic E-state index is -0.691. The molecule has 1 N–H and O–H groups in total. The Balaban J connectivity index is 1.59. The molecule has 27 heavy (non-hydrogen) atoms. The van der Waals surface area contributed by atoms with Crippen LogP contribution in [-0.4, -0.2) is 10.9 Å². The first-order valence-corrected chi connectivity index (χ1v) is 9.20. The summed E-state index contributed by atoms with van der Waals surface area (Å²) in [7, 11) is 0. The Morgan fingerprint density at radius 3 is 2.59 bits per heavy atom. The van der Waals surface area contributed by atoms with Crippen LogP contribution in [-0.2, 0) is 6.61 Å². The van der Waals surface area contributed by atoms with Crippen molar-refractivity contribution >= 4 is 17.2 Å². The molecular formula is C20H18F2N2O2S. The molecule has 0 saturated carbocycles. The highest BCUT2D eigenvalue weighted by molar-refractivity contribution is 7.09. The molecule has 0 saturated heterocycles. The summed E-state index contributed by atoms with van der Waals surface area (Å²) in [6.07, 6.45) is 0. The van der Waals surface area contributed by atoms with E-state index in [1.54, 1.807) is 42.5 Å². The fraction of sp³-hybridized carbons (Fsp3) is 0.200. The molecule has 1 amide bonds. The van der Waals surface area contributed by atoms with Crippen LogP contribution in [0.15, 0.2) is 47.8 Å². The molecule has 0 spiro atoms. The monoisotopic (exact) mass is 388 g/mol. The van der Waals surface area contributed by atoms with Crippen LogP contribution in [0, 0.1) is 18.6 Å². The zero-order chi connectivity index (χ0) is 19.4. The molecule has 0 unspecified atom stereocenters. The summed E-state index contributed by atoms with van der Waals surface area (Å²) in [6, 6.07) is 9.34. The van der Waals surface area contributed by atoms with E-state index in [0.717, 1.165) is 22.8 Å². The normalized spacial score (nSPS) is 11.9. The Morgan fingerprint density at radius 1 is 1.22 bits per heavy atom. The molecule has 3 rings (SSSR count). The van der Waals surface area contributed by atoms with Gasteiger partial charge in [0.25, 0.3) is 5.91 Å². The second kappa shape index (κ2) is 8.26. The first kappa shape index (κ1) is 19.0. The molecule has 0 bridgehead atoms. The molecule has 1 heterocycles. The molecule has 3 aromatic rings. The van der Waals surface area contributed by atoms with Gasteiger partial charge >= 0.3 is 0 Å². The van der Waals surface area contributed by atoms with Crippen molar-refractivity contribution in [1.29, 1.82) is 0 Å². The minimum Gasteiger partial charge on any atom is -0.487 e. The molecule has 0 fully saturated rings. The van der Waals surface area contributed by atoms with E-state index < -0.39 is 17.7 Å². The zero-order valence-electron chi connectivity index (χ0n) is 14.8. The first-order valence-electron chi connectivity index (χ1n) is 8.32. The number of carbonyl (C=O) groups excluding carboxylic acids is 1. The Bertz CT molecular complexity index is 941. The number of halogens is 2. The number of thiazole rings is 1. The van der Waals surface area contributed by atoms with E-state index >= 15 is 0 Å². The number of amides is 1. The summed E-state index contributed by atoms with van der Waals surface area (Å²) in [5.41, 5.74) is 1.50. The van der Waals surface area contributed by atoms with E-state index in [4.69, 9.17) is 4.74 Å². The summed E-state index contributed by atoms with van der Waals surface area (Å²) in [4.78, 5) is 16.7. The highest BCUT2D eigenvalue weighted by Crippen LogP contribution is 2.19. The average Bonchev–Trinajstić information content (AvgIpc) is 3.05. The maximum Gasteiger partial charge on any atom is 0.251 e. The second-order valence-electron chi connectivity index (χ2n) is 6.03. The van der Waals surface area contributed by atoms with Crippen molar-refractivity contribution in [2.75, 3.05) is 0 Å². The van der Waals surface area contributed by atoms with E-state index in [-0.39, 0.29) is 11.5 Å². The van der Waals surface area contributed by atoms with Gasteiger partial charge in [0.05, 0.1) is 16.7 Å². The third-order valence-corrected chi connectivity index (χ3v) is 4.77. The number of carbonyl (C=O) groups is 1. The van der Waals surface area contributed by atoms with E-state index in [9.17, 15) is 13.6 Å². The third kappa shape index (κ3) is 4.89. The van der Waals surface area contributed by atoms with Crippen LogP contribution in [0.5, 0.6) is 5.75 Å². The topological polar surface area (TPSA) is 51.2 Å². The lowest BCUT2D eigenvalue weighted by Crippen LogP contribution is -2.27.